The molecule has 0 unspecified atom stereocenters. The van der Waals surface area contributed by atoms with E-state index in [0.29, 0.717) is 16.7 Å². The summed E-state index contributed by atoms with van der Waals surface area (Å²) in [6.45, 7) is 1.57. The van der Waals surface area contributed by atoms with Crippen LogP contribution < -0.4 is 10.2 Å². The molecule has 1 aromatic carbocycles. The zero-order valence-electron chi connectivity index (χ0n) is 13.6. The Balaban J connectivity index is 2.08. The molecule has 6 nitrogen and oxygen atoms in total. The molecule has 3 amide bonds. The third-order valence-corrected chi connectivity index (χ3v) is 3.87. The van der Waals surface area contributed by atoms with Gasteiger partial charge in [-0.2, -0.15) is 13.2 Å². The highest BCUT2D eigenvalue weighted by atomic mass is 19.4. The van der Waals surface area contributed by atoms with Gasteiger partial charge in [0.2, 0.25) is 0 Å². The molecule has 0 saturated carbocycles. The number of anilines is 1. The molecular weight excluding hydrogens is 351 g/mol. The van der Waals surface area contributed by atoms with Crippen LogP contribution in [0.3, 0.4) is 0 Å². The maximum Gasteiger partial charge on any atom is 0.416 e. The number of halogens is 3. The number of nitrogens with zero attached hydrogens (tertiary/aromatic N) is 2. The first-order chi connectivity index (χ1) is 12.1. The molecule has 2 aromatic rings. The van der Waals surface area contributed by atoms with Gasteiger partial charge in [0, 0.05) is 18.3 Å². The van der Waals surface area contributed by atoms with Crippen LogP contribution in [0.5, 0.6) is 0 Å². The topological polar surface area (TPSA) is 79.4 Å². The van der Waals surface area contributed by atoms with Crippen molar-refractivity contribution < 1.29 is 27.6 Å². The summed E-state index contributed by atoms with van der Waals surface area (Å²) in [5.41, 5.74) is -0.985. The Hall–Kier alpha value is -3.23. The van der Waals surface area contributed by atoms with Gasteiger partial charge in [-0.3, -0.25) is 14.4 Å². The van der Waals surface area contributed by atoms with Gasteiger partial charge in [0.25, 0.3) is 17.7 Å². The number of benzene rings is 1. The number of amides is 3. The van der Waals surface area contributed by atoms with Gasteiger partial charge in [0.1, 0.15) is 5.82 Å². The highest BCUT2D eigenvalue weighted by Gasteiger charge is 2.40. The van der Waals surface area contributed by atoms with E-state index in [1.807, 2.05) is 0 Å². The lowest BCUT2D eigenvalue weighted by atomic mass is 10.1. The molecule has 9 heteroatoms. The number of aromatic nitrogens is 1. The summed E-state index contributed by atoms with van der Waals surface area (Å²) in [4.78, 5) is 41.6. The molecule has 0 bridgehead atoms. The molecule has 0 radical (unpaired) electrons. The summed E-state index contributed by atoms with van der Waals surface area (Å²) in [5.74, 6) is -2.28. The van der Waals surface area contributed by atoms with Crippen LogP contribution in [0.25, 0.3) is 0 Å². The van der Waals surface area contributed by atoms with E-state index >= 15 is 0 Å². The van der Waals surface area contributed by atoms with E-state index in [1.54, 1.807) is 6.92 Å². The summed E-state index contributed by atoms with van der Waals surface area (Å²) >= 11 is 0. The van der Waals surface area contributed by atoms with Gasteiger partial charge < -0.3 is 5.32 Å². The number of fused-ring (bicyclic) bond motifs is 1. The van der Waals surface area contributed by atoms with Gasteiger partial charge in [-0.1, -0.05) is 0 Å². The summed E-state index contributed by atoms with van der Waals surface area (Å²) < 4.78 is 38.6. The lowest BCUT2D eigenvalue weighted by Crippen LogP contribution is -2.31. The van der Waals surface area contributed by atoms with Crippen molar-refractivity contribution in [1.29, 1.82) is 0 Å². The number of rotatable bonds is 2. The van der Waals surface area contributed by atoms with Crippen LogP contribution in [-0.4, -0.2) is 29.8 Å². The van der Waals surface area contributed by atoms with E-state index in [4.69, 9.17) is 0 Å². The highest BCUT2D eigenvalue weighted by molar-refractivity contribution is 6.34. The minimum atomic E-state index is -4.64. The fourth-order valence-electron chi connectivity index (χ4n) is 2.67. The van der Waals surface area contributed by atoms with Crippen molar-refractivity contribution in [2.24, 2.45) is 0 Å². The van der Waals surface area contributed by atoms with Crippen LogP contribution in [0.15, 0.2) is 30.3 Å². The number of imide groups is 1. The number of hydrogen-bond donors (Lipinski definition) is 1. The fraction of sp³-hybridized carbons (Fsp3) is 0.176. The van der Waals surface area contributed by atoms with Gasteiger partial charge in [-0.05, 0) is 37.3 Å². The average Bonchev–Trinajstić information content (AvgIpc) is 2.83. The molecular formula is C17H12F3N3O3. The molecule has 1 aromatic heterocycles. The van der Waals surface area contributed by atoms with Gasteiger partial charge in [0.15, 0.2) is 0 Å². The molecule has 0 aliphatic carbocycles. The Morgan fingerprint density at radius 3 is 2.35 bits per heavy atom. The molecule has 1 aliphatic rings. The van der Waals surface area contributed by atoms with E-state index in [-0.39, 0.29) is 22.5 Å². The third kappa shape index (κ3) is 2.81. The zero-order valence-corrected chi connectivity index (χ0v) is 13.6. The second-order valence-corrected chi connectivity index (χ2v) is 5.64. The highest BCUT2D eigenvalue weighted by Crippen LogP contribution is 2.34. The molecule has 0 spiro atoms. The third-order valence-electron chi connectivity index (χ3n) is 3.87. The van der Waals surface area contributed by atoms with Crippen molar-refractivity contribution in [3.05, 3.63) is 58.3 Å². The summed E-state index contributed by atoms with van der Waals surface area (Å²) in [6.07, 6.45) is -4.64. The number of carbonyl (C=O) groups excluding carboxylic acids is 3. The Labute approximate surface area is 145 Å². The van der Waals surface area contributed by atoms with Gasteiger partial charge in [-0.15, -0.1) is 0 Å². The average molecular weight is 363 g/mol. The molecule has 0 saturated heterocycles. The first-order valence-corrected chi connectivity index (χ1v) is 7.44. The fourth-order valence-corrected chi connectivity index (χ4v) is 2.67. The summed E-state index contributed by atoms with van der Waals surface area (Å²) in [5, 5.41) is 2.41. The maximum atomic E-state index is 12.9. The van der Waals surface area contributed by atoms with E-state index in [9.17, 15) is 27.6 Å². The van der Waals surface area contributed by atoms with Crippen LogP contribution in [0.2, 0.25) is 0 Å². The molecule has 1 aliphatic heterocycles. The Morgan fingerprint density at radius 2 is 1.73 bits per heavy atom. The lowest BCUT2D eigenvalue weighted by Gasteiger charge is -2.14. The second kappa shape index (κ2) is 5.94. The minimum absolute atomic E-state index is 0.122. The van der Waals surface area contributed by atoms with Crippen molar-refractivity contribution in [1.82, 2.24) is 10.3 Å². The van der Waals surface area contributed by atoms with E-state index in [2.05, 4.69) is 10.3 Å². The standard InChI is InChI=1S/C17H12F3N3O3/c1-8-5-9(14(24)21-2)6-13(22-8)23-15(25)11-4-3-10(17(18,19)20)7-12(11)16(23)26/h3-7H,1-2H3,(H,21,24). The molecule has 0 fully saturated rings. The van der Waals surface area contributed by atoms with Crippen LogP contribution >= 0.6 is 0 Å². The molecule has 1 N–H and O–H groups in total. The van der Waals surface area contributed by atoms with Crippen molar-refractivity contribution >= 4 is 23.5 Å². The molecule has 2 heterocycles. The number of aryl methyl sites for hydroxylation is 1. The Kier molecular flexibility index (Phi) is 4.02. The number of nitrogens with one attached hydrogen (secondary N) is 1. The molecule has 0 atom stereocenters. The molecule has 134 valence electrons. The van der Waals surface area contributed by atoms with Crippen molar-refractivity contribution in [2.45, 2.75) is 13.1 Å². The first-order valence-electron chi connectivity index (χ1n) is 7.44. The van der Waals surface area contributed by atoms with Crippen molar-refractivity contribution in [3.63, 3.8) is 0 Å². The smallest absolute Gasteiger partial charge is 0.355 e. The summed E-state index contributed by atoms with van der Waals surface area (Å²) in [6, 6.07) is 5.05. The van der Waals surface area contributed by atoms with E-state index < -0.39 is 29.5 Å². The van der Waals surface area contributed by atoms with Crippen LogP contribution in [0, 0.1) is 6.92 Å². The van der Waals surface area contributed by atoms with Crippen LogP contribution in [0.1, 0.15) is 42.3 Å². The SMILES string of the molecule is CNC(=O)c1cc(C)nc(N2C(=O)c3ccc(C(F)(F)F)cc3C2=O)c1. The molecule has 26 heavy (non-hydrogen) atoms. The van der Waals surface area contributed by atoms with Gasteiger partial charge >= 0.3 is 6.18 Å². The van der Waals surface area contributed by atoms with Crippen molar-refractivity contribution in [3.8, 4) is 0 Å². The lowest BCUT2D eigenvalue weighted by molar-refractivity contribution is -0.137. The minimum Gasteiger partial charge on any atom is -0.355 e. The monoisotopic (exact) mass is 363 g/mol. The Morgan fingerprint density at radius 1 is 1.08 bits per heavy atom. The van der Waals surface area contributed by atoms with Crippen molar-refractivity contribution in [2.75, 3.05) is 11.9 Å². The summed E-state index contributed by atoms with van der Waals surface area (Å²) in [7, 11) is 1.42. The maximum absolute atomic E-state index is 12.9. The predicted molar refractivity (Wildman–Crippen MR) is 84.9 cm³/mol. The predicted octanol–water partition coefficient (Wildman–Crippen LogP) is 2.57. The van der Waals surface area contributed by atoms with E-state index in [0.717, 1.165) is 12.1 Å². The number of alkyl halides is 3. The van der Waals surface area contributed by atoms with Crippen LogP contribution in [-0.2, 0) is 6.18 Å². The van der Waals surface area contributed by atoms with Gasteiger partial charge in [-0.25, -0.2) is 9.88 Å². The number of carbonyl (C=O) groups is 3. The Bertz CT molecular complexity index is 954. The largest absolute Gasteiger partial charge is 0.416 e. The first kappa shape index (κ1) is 17.6. The zero-order chi connectivity index (χ0) is 19.2. The molecule has 3 rings (SSSR count). The number of hydrogen-bond acceptors (Lipinski definition) is 4. The quantitative estimate of drug-likeness (QED) is 0.832. The van der Waals surface area contributed by atoms with Gasteiger partial charge in [0.05, 0.1) is 16.7 Å². The normalized spacial score (nSPS) is 13.8. The van der Waals surface area contributed by atoms with Crippen LogP contribution in [0.4, 0.5) is 19.0 Å². The second-order valence-electron chi connectivity index (χ2n) is 5.64. The van der Waals surface area contributed by atoms with E-state index in [1.165, 1.54) is 19.2 Å². The number of pyridine rings is 1.